The number of rotatable bonds is 8. The van der Waals surface area contributed by atoms with E-state index in [0.717, 1.165) is 36.8 Å². The van der Waals surface area contributed by atoms with Gasteiger partial charge in [-0.15, -0.1) is 0 Å². The minimum atomic E-state index is 0.182. The zero-order valence-corrected chi connectivity index (χ0v) is 11.5. The highest BCUT2D eigenvalue weighted by Gasteiger charge is 2.06. The molecule has 1 unspecified atom stereocenters. The highest BCUT2D eigenvalue weighted by atomic mass is 16.3. The van der Waals surface area contributed by atoms with Gasteiger partial charge in [-0.2, -0.15) is 0 Å². The van der Waals surface area contributed by atoms with Gasteiger partial charge >= 0.3 is 0 Å². The molecule has 1 atom stereocenters. The van der Waals surface area contributed by atoms with Crippen molar-refractivity contribution in [2.45, 2.75) is 46.1 Å². The largest absolute Gasteiger partial charge is 0.396 e. The molecule has 18 heavy (non-hydrogen) atoms. The Morgan fingerprint density at radius 1 is 1.28 bits per heavy atom. The molecular weight excluding hydrogens is 228 g/mol. The van der Waals surface area contributed by atoms with Crippen LogP contribution in [0.15, 0.2) is 6.07 Å². The molecule has 0 fully saturated rings. The Hall–Kier alpha value is -1.36. The third kappa shape index (κ3) is 4.87. The summed E-state index contributed by atoms with van der Waals surface area (Å²) in [6, 6.07) is 2.12. The second-order valence-electron chi connectivity index (χ2n) is 4.39. The predicted molar refractivity (Wildman–Crippen MR) is 75.0 cm³/mol. The molecule has 3 N–H and O–H groups in total. The molecule has 0 saturated heterocycles. The molecule has 0 bridgehead atoms. The molecule has 5 heteroatoms. The Morgan fingerprint density at radius 2 is 2.00 bits per heavy atom. The predicted octanol–water partition coefficient (Wildman–Crippen LogP) is 2.04. The number of anilines is 2. The molecule has 1 heterocycles. The van der Waals surface area contributed by atoms with Crippen LogP contribution in [0.2, 0.25) is 0 Å². The second kappa shape index (κ2) is 7.87. The van der Waals surface area contributed by atoms with Crippen LogP contribution in [0, 0.1) is 0 Å². The zero-order valence-electron chi connectivity index (χ0n) is 11.5. The number of nitrogens with zero attached hydrogens (tertiary/aromatic N) is 2. The van der Waals surface area contributed by atoms with Crippen LogP contribution in [0.25, 0.3) is 0 Å². The van der Waals surface area contributed by atoms with Crippen molar-refractivity contribution >= 4 is 11.6 Å². The van der Waals surface area contributed by atoms with Gasteiger partial charge in [-0.05, 0) is 26.7 Å². The fourth-order valence-electron chi connectivity index (χ4n) is 1.70. The van der Waals surface area contributed by atoms with E-state index in [9.17, 15) is 0 Å². The molecule has 0 saturated carbocycles. The highest BCUT2D eigenvalue weighted by molar-refractivity contribution is 5.48. The standard InChI is InChI=1S/C13H24N4O/c1-4-6-11-16-12(14-5-2)9-13(17-11)15-10(3)7-8-18/h9-10,18H,4-8H2,1-3H3,(H2,14,15,16,17). The molecule has 0 amide bonds. The van der Waals surface area contributed by atoms with Crippen LogP contribution in [-0.4, -0.2) is 34.3 Å². The van der Waals surface area contributed by atoms with E-state index in [-0.39, 0.29) is 12.6 Å². The normalized spacial score (nSPS) is 12.2. The fourth-order valence-corrected chi connectivity index (χ4v) is 1.70. The quantitative estimate of drug-likeness (QED) is 0.660. The van der Waals surface area contributed by atoms with Gasteiger partial charge in [-0.25, -0.2) is 9.97 Å². The van der Waals surface area contributed by atoms with Crippen LogP contribution in [0.5, 0.6) is 0 Å². The number of aliphatic hydroxyl groups is 1. The third-order valence-corrected chi connectivity index (χ3v) is 2.56. The molecule has 0 aromatic carbocycles. The van der Waals surface area contributed by atoms with E-state index in [1.54, 1.807) is 0 Å². The number of nitrogens with one attached hydrogen (secondary N) is 2. The summed E-state index contributed by atoms with van der Waals surface area (Å²) < 4.78 is 0. The van der Waals surface area contributed by atoms with Gasteiger partial charge < -0.3 is 15.7 Å². The van der Waals surface area contributed by atoms with Crippen LogP contribution >= 0.6 is 0 Å². The Labute approximate surface area is 109 Å². The fraction of sp³-hybridized carbons (Fsp3) is 0.692. The number of aliphatic hydroxyl groups excluding tert-OH is 1. The minimum absolute atomic E-state index is 0.182. The van der Waals surface area contributed by atoms with E-state index in [1.165, 1.54) is 0 Å². The topological polar surface area (TPSA) is 70.1 Å². The van der Waals surface area contributed by atoms with E-state index in [2.05, 4.69) is 27.5 Å². The van der Waals surface area contributed by atoms with E-state index in [4.69, 9.17) is 5.11 Å². The van der Waals surface area contributed by atoms with Crippen molar-refractivity contribution in [1.82, 2.24) is 9.97 Å². The van der Waals surface area contributed by atoms with Crippen LogP contribution in [-0.2, 0) is 6.42 Å². The smallest absolute Gasteiger partial charge is 0.133 e. The average molecular weight is 252 g/mol. The van der Waals surface area contributed by atoms with Gasteiger partial charge in [0.05, 0.1) is 0 Å². The lowest BCUT2D eigenvalue weighted by molar-refractivity contribution is 0.282. The summed E-state index contributed by atoms with van der Waals surface area (Å²) >= 11 is 0. The molecule has 1 aromatic heterocycles. The summed E-state index contributed by atoms with van der Waals surface area (Å²) in [7, 11) is 0. The first-order chi connectivity index (χ1) is 8.69. The van der Waals surface area contributed by atoms with Gasteiger partial charge in [-0.3, -0.25) is 0 Å². The van der Waals surface area contributed by atoms with Gasteiger partial charge in [0.25, 0.3) is 0 Å². The van der Waals surface area contributed by atoms with Crippen LogP contribution in [0.4, 0.5) is 11.6 Å². The first-order valence-corrected chi connectivity index (χ1v) is 6.68. The summed E-state index contributed by atoms with van der Waals surface area (Å²) in [6.45, 7) is 7.22. The Kier molecular flexibility index (Phi) is 6.43. The van der Waals surface area contributed by atoms with E-state index in [0.29, 0.717) is 6.42 Å². The van der Waals surface area contributed by atoms with Gasteiger partial charge in [0.15, 0.2) is 0 Å². The van der Waals surface area contributed by atoms with Crippen molar-refractivity contribution in [3.8, 4) is 0 Å². The van der Waals surface area contributed by atoms with Crippen LogP contribution < -0.4 is 10.6 Å². The van der Waals surface area contributed by atoms with Crippen molar-refractivity contribution in [2.24, 2.45) is 0 Å². The summed E-state index contributed by atoms with van der Waals surface area (Å²) in [4.78, 5) is 8.94. The molecule has 0 spiro atoms. The second-order valence-corrected chi connectivity index (χ2v) is 4.39. The number of hydrogen-bond acceptors (Lipinski definition) is 5. The summed E-state index contributed by atoms with van der Waals surface area (Å²) in [5.74, 6) is 2.54. The zero-order chi connectivity index (χ0) is 13.4. The highest BCUT2D eigenvalue weighted by Crippen LogP contribution is 2.14. The van der Waals surface area contributed by atoms with Gasteiger partial charge in [0, 0.05) is 31.7 Å². The van der Waals surface area contributed by atoms with Crippen molar-refractivity contribution in [3.63, 3.8) is 0 Å². The number of aryl methyl sites for hydroxylation is 1. The van der Waals surface area contributed by atoms with E-state index >= 15 is 0 Å². The Bertz CT molecular complexity index is 333. The van der Waals surface area contributed by atoms with Crippen molar-refractivity contribution in [2.75, 3.05) is 23.8 Å². The molecular formula is C13H24N4O. The molecule has 102 valence electrons. The number of hydrogen-bond donors (Lipinski definition) is 3. The van der Waals surface area contributed by atoms with E-state index < -0.39 is 0 Å². The first kappa shape index (κ1) is 14.7. The maximum absolute atomic E-state index is 8.91. The average Bonchev–Trinajstić information content (AvgIpc) is 2.29. The lowest BCUT2D eigenvalue weighted by atomic mass is 10.2. The van der Waals surface area contributed by atoms with Crippen molar-refractivity contribution in [1.29, 1.82) is 0 Å². The first-order valence-electron chi connectivity index (χ1n) is 6.68. The molecule has 1 aromatic rings. The molecule has 1 rings (SSSR count). The van der Waals surface area contributed by atoms with Gasteiger partial charge in [0.1, 0.15) is 17.5 Å². The summed E-state index contributed by atoms with van der Waals surface area (Å²) in [5.41, 5.74) is 0. The van der Waals surface area contributed by atoms with Gasteiger partial charge in [0.2, 0.25) is 0 Å². The molecule has 0 aliphatic heterocycles. The van der Waals surface area contributed by atoms with Gasteiger partial charge in [-0.1, -0.05) is 6.92 Å². The van der Waals surface area contributed by atoms with Crippen LogP contribution in [0.1, 0.15) is 39.4 Å². The Balaban J connectivity index is 2.81. The summed E-state index contributed by atoms with van der Waals surface area (Å²) in [5, 5.41) is 15.4. The minimum Gasteiger partial charge on any atom is -0.396 e. The molecule has 0 aliphatic carbocycles. The monoisotopic (exact) mass is 252 g/mol. The lowest BCUT2D eigenvalue weighted by Gasteiger charge is -2.15. The number of aromatic nitrogens is 2. The SMILES string of the molecule is CCCc1nc(NCC)cc(NC(C)CCO)n1. The lowest BCUT2D eigenvalue weighted by Crippen LogP contribution is -2.18. The molecule has 0 radical (unpaired) electrons. The third-order valence-electron chi connectivity index (χ3n) is 2.56. The van der Waals surface area contributed by atoms with E-state index in [1.807, 2.05) is 19.9 Å². The Morgan fingerprint density at radius 3 is 2.61 bits per heavy atom. The van der Waals surface area contributed by atoms with Crippen molar-refractivity contribution < 1.29 is 5.11 Å². The van der Waals surface area contributed by atoms with Crippen molar-refractivity contribution in [3.05, 3.63) is 11.9 Å². The maximum Gasteiger partial charge on any atom is 0.133 e. The summed E-state index contributed by atoms with van der Waals surface area (Å²) in [6.07, 6.45) is 2.62. The maximum atomic E-state index is 8.91. The van der Waals surface area contributed by atoms with Crippen LogP contribution in [0.3, 0.4) is 0 Å². The molecule has 5 nitrogen and oxygen atoms in total. The molecule has 0 aliphatic rings.